The molecule has 0 radical (unpaired) electrons. The Morgan fingerprint density at radius 1 is 1.19 bits per heavy atom. The van der Waals surface area contributed by atoms with Gasteiger partial charge in [0.1, 0.15) is 0 Å². The molecule has 21 heavy (non-hydrogen) atoms. The molecule has 1 N–H and O–H groups in total. The van der Waals surface area contributed by atoms with Crippen molar-refractivity contribution in [2.24, 2.45) is 0 Å². The van der Waals surface area contributed by atoms with Crippen molar-refractivity contribution in [1.29, 1.82) is 0 Å². The van der Waals surface area contributed by atoms with E-state index in [1.807, 2.05) is 29.1 Å². The first kappa shape index (κ1) is 14.0. The van der Waals surface area contributed by atoms with E-state index in [2.05, 4.69) is 27.8 Å². The van der Waals surface area contributed by atoms with Crippen molar-refractivity contribution in [3.63, 3.8) is 0 Å². The number of thiophene rings is 2. The molecular formula is C16H14N2OS2. The second kappa shape index (κ2) is 6.65. The van der Waals surface area contributed by atoms with Gasteiger partial charge in [-0.3, -0.25) is 9.78 Å². The van der Waals surface area contributed by atoms with E-state index >= 15 is 0 Å². The zero-order valence-electron chi connectivity index (χ0n) is 11.3. The molecule has 0 fully saturated rings. The smallest absolute Gasteiger partial charge is 0.225 e. The summed E-state index contributed by atoms with van der Waals surface area (Å²) < 4.78 is 0. The average molecular weight is 314 g/mol. The lowest BCUT2D eigenvalue weighted by molar-refractivity contribution is -0.120. The Morgan fingerprint density at radius 3 is 2.90 bits per heavy atom. The summed E-state index contributed by atoms with van der Waals surface area (Å²) in [5, 5.41) is 9.06. The van der Waals surface area contributed by atoms with Crippen LogP contribution in [0.15, 0.2) is 52.8 Å². The van der Waals surface area contributed by atoms with Crippen molar-refractivity contribution >= 4 is 28.6 Å². The molecule has 0 aliphatic carbocycles. The van der Waals surface area contributed by atoms with Gasteiger partial charge in [0, 0.05) is 29.4 Å². The maximum absolute atomic E-state index is 11.9. The van der Waals surface area contributed by atoms with Gasteiger partial charge in [-0.15, -0.1) is 11.3 Å². The molecule has 3 nitrogen and oxygen atoms in total. The molecule has 3 aromatic rings. The summed E-state index contributed by atoms with van der Waals surface area (Å²) in [5.74, 6) is 0.0402. The molecule has 0 bridgehead atoms. The van der Waals surface area contributed by atoms with Crippen LogP contribution in [0, 0.1) is 0 Å². The summed E-state index contributed by atoms with van der Waals surface area (Å²) in [7, 11) is 0. The Bertz CT molecular complexity index is 706. The quantitative estimate of drug-likeness (QED) is 0.779. The third kappa shape index (κ3) is 3.77. The summed E-state index contributed by atoms with van der Waals surface area (Å²) in [6, 6.07) is 8.08. The third-order valence-electron chi connectivity index (χ3n) is 3.05. The summed E-state index contributed by atoms with van der Waals surface area (Å²) in [4.78, 5) is 17.2. The van der Waals surface area contributed by atoms with Gasteiger partial charge in [-0.1, -0.05) is 6.07 Å². The first-order valence-electron chi connectivity index (χ1n) is 6.57. The predicted molar refractivity (Wildman–Crippen MR) is 87.4 cm³/mol. The molecule has 0 spiro atoms. The molecule has 0 saturated heterocycles. The molecule has 0 unspecified atom stereocenters. The number of nitrogens with zero attached hydrogens (tertiary/aromatic N) is 1. The maximum atomic E-state index is 11.9. The highest BCUT2D eigenvalue weighted by atomic mass is 32.1. The minimum absolute atomic E-state index is 0.0402. The zero-order chi connectivity index (χ0) is 14.5. The number of amides is 1. The number of pyridine rings is 1. The Balaban J connectivity index is 1.60. The number of rotatable bonds is 5. The molecule has 3 rings (SSSR count). The molecule has 1 amide bonds. The second-order valence-electron chi connectivity index (χ2n) is 4.63. The normalized spacial score (nSPS) is 10.5. The topological polar surface area (TPSA) is 42.0 Å². The van der Waals surface area contributed by atoms with E-state index in [0.29, 0.717) is 13.0 Å². The van der Waals surface area contributed by atoms with E-state index in [1.165, 1.54) is 5.56 Å². The van der Waals surface area contributed by atoms with Gasteiger partial charge < -0.3 is 5.32 Å². The molecule has 0 aliphatic heterocycles. The average Bonchev–Trinajstić information content (AvgIpc) is 3.19. The van der Waals surface area contributed by atoms with Crippen molar-refractivity contribution in [1.82, 2.24) is 10.3 Å². The Hall–Kier alpha value is -1.98. The van der Waals surface area contributed by atoms with E-state index < -0.39 is 0 Å². The van der Waals surface area contributed by atoms with Crippen molar-refractivity contribution in [3.05, 3.63) is 63.2 Å². The van der Waals surface area contributed by atoms with Crippen LogP contribution in [0.1, 0.15) is 10.4 Å². The third-order valence-corrected chi connectivity index (χ3v) is 4.61. The first-order valence-corrected chi connectivity index (χ1v) is 8.39. The molecular weight excluding hydrogens is 300 g/mol. The van der Waals surface area contributed by atoms with Gasteiger partial charge in [0.15, 0.2) is 0 Å². The first-order chi connectivity index (χ1) is 10.3. The van der Waals surface area contributed by atoms with Gasteiger partial charge in [0.05, 0.1) is 6.42 Å². The molecule has 0 aliphatic rings. The van der Waals surface area contributed by atoms with E-state index in [0.717, 1.165) is 16.0 Å². The summed E-state index contributed by atoms with van der Waals surface area (Å²) in [6.07, 6.45) is 4.08. The summed E-state index contributed by atoms with van der Waals surface area (Å²) in [5.41, 5.74) is 3.26. The van der Waals surface area contributed by atoms with Crippen molar-refractivity contribution in [3.8, 4) is 11.1 Å². The predicted octanol–water partition coefficient (Wildman–Crippen LogP) is 3.73. The largest absolute Gasteiger partial charge is 0.352 e. The lowest BCUT2D eigenvalue weighted by Gasteiger charge is -2.06. The van der Waals surface area contributed by atoms with Gasteiger partial charge in [0.2, 0.25) is 5.91 Å². The van der Waals surface area contributed by atoms with Crippen molar-refractivity contribution in [2.45, 2.75) is 13.0 Å². The summed E-state index contributed by atoms with van der Waals surface area (Å²) >= 11 is 3.27. The Morgan fingerprint density at radius 2 is 2.14 bits per heavy atom. The minimum atomic E-state index is 0.0402. The van der Waals surface area contributed by atoms with E-state index in [9.17, 15) is 4.79 Å². The molecule has 5 heteroatoms. The van der Waals surface area contributed by atoms with Crippen LogP contribution in [0.25, 0.3) is 11.1 Å². The number of hydrogen-bond donors (Lipinski definition) is 1. The lowest BCUT2D eigenvalue weighted by atomic mass is 10.1. The highest BCUT2D eigenvalue weighted by Crippen LogP contribution is 2.21. The van der Waals surface area contributed by atoms with Gasteiger partial charge in [-0.25, -0.2) is 0 Å². The SMILES string of the molecule is O=C(Cc1cccs1)NCc1cncc(-c2ccsc2)c1. The highest BCUT2D eigenvalue weighted by Gasteiger charge is 2.05. The second-order valence-corrected chi connectivity index (χ2v) is 6.44. The lowest BCUT2D eigenvalue weighted by Crippen LogP contribution is -2.24. The Kier molecular flexibility index (Phi) is 4.43. The number of carbonyl (C=O) groups excluding carboxylic acids is 1. The van der Waals surface area contributed by atoms with Crippen LogP contribution in [-0.2, 0) is 17.8 Å². The number of carbonyl (C=O) groups is 1. The molecule has 0 saturated carbocycles. The monoisotopic (exact) mass is 314 g/mol. The number of nitrogens with one attached hydrogen (secondary N) is 1. The Labute approximate surface area is 131 Å². The molecule has 0 aromatic carbocycles. The van der Waals surface area contributed by atoms with Gasteiger partial charge in [-0.05, 0) is 45.5 Å². The fraction of sp³-hybridized carbons (Fsp3) is 0.125. The molecule has 3 aromatic heterocycles. The molecule has 3 heterocycles. The van der Waals surface area contributed by atoms with E-state index in [4.69, 9.17) is 0 Å². The van der Waals surface area contributed by atoms with Crippen LogP contribution in [0.4, 0.5) is 0 Å². The number of aromatic nitrogens is 1. The van der Waals surface area contributed by atoms with E-state index in [1.54, 1.807) is 28.9 Å². The van der Waals surface area contributed by atoms with Gasteiger partial charge in [-0.2, -0.15) is 11.3 Å². The fourth-order valence-electron chi connectivity index (χ4n) is 2.01. The number of hydrogen-bond acceptors (Lipinski definition) is 4. The van der Waals surface area contributed by atoms with Gasteiger partial charge in [0.25, 0.3) is 0 Å². The minimum Gasteiger partial charge on any atom is -0.352 e. The maximum Gasteiger partial charge on any atom is 0.225 e. The van der Waals surface area contributed by atoms with Crippen LogP contribution >= 0.6 is 22.7 Å². The van der Waals surface area contributed by atoms with Crippen LogP contribution in [0.3, 0.4) is 0 Å². The van der Waals surface area contributed by atoms with Crippen LogP contribution in [0.2, 0.25) is 0 Å². The van der Waals surface area contributed by atoms with E-state index in [-0.39, 0.29) is 5.91 Å². The van der Waals surface area contributed by atoms with Crippen molar-refractivity contribution in [2.75, 3.05) is 0 Å². The molecule has 0 atom stereocenters. The van der Waals surface area contributed by atoms with Crippen LogP contribution in [0.5, 0.6) is 0 Å². The summed E-state index contributed by atoms with van der Waals surface area (Å²) in [6.45, 7) is 0.509. The molecule has 106 valence electrons. The highest BCUT2D eigenvalue weighted by molar-refractivity contribution is 7.10. The zero-order valence-corrected chi connectivity index (χ0v) is 12.9. The van der Waals surface area contributed by atoms with Crippen LogP contribution in [-0.4, -0.2) is 10.9 Å². The van der Waals surface area contributed by atoms with Crippen molar-refractivity contribution < 1.29 is 4.79 Å². The van der Waals surface area contributed by atoms with Gasteiger partial charge >= 0.3 is 0 Å². The fourth-order valence-corrected chi connectivity index (χ4v) is 3.37. The van der Waals surface area contributed by atoms with Crippen LogP contribution < -0.4 is 5.32 Å². The standard InChI is InChI=1S/C16H14N2OS2/c19-16(7-15-2-1-4-21-15)18-9-12-6-14(10-17-8-12)13-3-5-20-11-13/h1-6,8,10-11H,7,9H2,(H,18,19).